The molecule has 10 nitrogen and oxygen atoms in total. The molecule has 14 heteroatoms. The number of carbonyl (C=O) groups is 4. The van der Waals surface area contributed by atoms with Crippen LogP contribution in [0.1, 0.15) is 19.4 Å². The van der Waals surface area contributed by atoms with Crippen LogP contribution in [-0.4, -0.2) is 92.4 Å². The molecule has 240 valence electrons. The van der Waals surface area contributed by atoms with Gasteiger partial charge in [-0.15, -0.1) is 0 Å². The summed E-state index contributed by atoms with van der Waals surface area (Å²) in [6, 6.07) is 10.1. The fourth-order valence-electron chi connectivity index (χ4n) is 4.37. The number of amides is 3. The highest BCUT2D eigenvalue weighted by molar-refractivity contribution is 6.42. The number of benzene rings is 2. The van der Waals surface area contributed by atoms with Crippen LogP contribution in [0.25, 0.3) is 0 Å². The van der Waals surface area contributed by atoms with Gasteiger partial charge in [-0.05, 0) is 23.6 Å². The molecule has 3 N–H and O–H groups in total. The second-order valence-corrected chi connectivity index (χ2v) is 11.4. The van der Waals surface area contributed by atoms with Crippen molar-refractivity contribution in [1.82, 2.24) is 20.9 Å². The number of halogens is 4. The number of nitrogens with one attached hydrogen (secondary N) is 3. The highest BCUT2D eigenvalue weighted by Crippen LogP contribution is 2.26. The fourth-order valence-corrected chi connectivity index (χ4v) is 4.66. The Morgan fingerprint density at radius 1 is 1.00 bits per heavy atom. The maximum Gasteiger partial charge on any atom is 0.383 e. The number of ketones is 1. The molecule has 3 amide bonds. The predicted molar refractivity (Wildman–Crippen MR) is 161 cm³/mol. The van der Waals surface area contributed by atoms with Gasteiger partial charge in [0.1, 0.15) is 11.8 Å². The van der Waals surface area contributed by atoms with E-state index in [1.165, 1.54) is 32.0 Å². The summed E-state index contributed by atoms with van der Waals surface area (Å²) in [5.74, 6) is -10.0. The van der Waals surface area contributed by atoms with Gasteiger partial charge < -0.3 is 25.4 Å². The summed E-state index contributed by atoms with van der Waals surface area (Å²) in [4.78, 5) is 53.5. The average molecular weight is 658 g/mol. The lowest BCUT2D eigenvalue weighted by molar-refractivity contribution is -0.161. The average Bonchev–Trinajstić information content (AvgIpc) is 3.00. The molecule has 2 aromatic rings. The van der Waals surface area contributed by atoms with E-state index in [1.807, 2.05) is 4.90 Å². The minimum Gasteiger partial charge on any atom is -0.484 e. The van der Waals surface area contributed by atoms with Gasteiger partial charge in [-0.3, -0.25) is 24.1 Å². The van der Waals surface area contributed by atoms with Gasteiger partial charge in [0.05, 0.1) is 29.3 Å². The Hall–Kier alpha value is -3.32. The summed E-state index contributed by atoms with van der Waals surface area (Å²) in [5.41, 5.74) is 0.663. The number of hydrogen-bond donors (Lipinski definition) is 3. The van der Waals surface area contributed by atoms with E-state index in [9.17, 15) is 19.2 Å². The molecule has 1 aliphatic heterocycles. The van der Waals surface area contributed by atoms with Crippen molar-refractivity contribution in [2.75, 3.05) is 46.0 Å². The first-order valence-electron chi connectivity index (χ1n) is 14.1. The SMILES string of the molecule is CC(C)[C@H](NC(=O)[C@H](Cc1ccccc1)NC(=O)COc1ccc(Cl)c(Cl)c1)C(=O)C(F)(F)C(=O)NCCN1CCOCC1. The Morgan fingerprint density at radius 2 is 1.68 bits per heavy atom. The van der Waals surface area contributed by atoms with E-state index >= 15 is 8.78 Å². The molecule has 1 fully saturated rings. The van der Waals surface area contributed by atoms with Crippen molar-refractivity contribution >= 4 is 46.7 Å². The third kappa shape index (κ3) is 10.4. The molecule has 0 saturated carbocycles. The van der Waals surface area contributed by atoms with Crippen molar-refractivity contribution in [1.29, 1.82) is 0 Å². The number of carbonyl (C=O) groups excluding carboxylic acids is 4. The topological polar surface area (TPSA) is 126 Å². The number of nitrogens with zero attached hydrogens (tertiary/aromatic N) is 1. The van der Waals surface area contributed by atoms with Crippen molar-refractivity contribution in [3.63, 3.8) is 0 Å². The van der Waals surface area contributed by atoms with E-state index < -0.39 is 54.0 Å². The van der Waals surface area contributed by atoms with Crippen LogP contribution in [0.3, 0.4) is 0 Å². The van der Waals surface area contributed by atoms with Crippen molar-refractivity contribution in [2.45, 2.75) is 38.3 Å². The largest absolute Gasteiger partial charge is 0.484 e. The van der Waals surface area contributed by atoms with Gasteiger partial charge in [0, 0.05) is 38.7 Å². The maximum absolute atomic E-state index is 15.1. The van der Waals surface area contributed by atoms with Gasteiger partial charge in [0.15, 0.2) is 6.61 Å². The molecule has 0 bridgehead atoms. The quantitative estimate of drug-likeness (QED) is 0.252. The molecule has 0 radical (unpaired) electrons. The molecule has 3 rings (SSSR count). The summed E-state index contributed by atoms with van der Waals surface area (Å²) < 4.78 is 40.8. The van der Waals surface area contributed by atoms with Crippen molar-refractivity contribution in [2.24, 2.45) is 5.92 Å². The fraction of sp³-hybridized carbons (Fsp3) is 0.467. The van der Waals surface area contributed by atoms with Gasteiger partial charge in [0.25, 0.3) is 11.8 Å². The van der Waals surface area contributed by atoms with Crippen LogP contribution in [0.2, 0.25) is 10.0 Å². The van der Waals surface area contributed by atoms with Gasteiger partial charge in [-0.25, -0.2) is 0 Å². The molecule has 0 aromatic heterocycles. The van der Waals surface area contributed by atoms with E-state index in [1.54, 1.807) is 30.3 Å². The Labute approximate surface area is 264 Å². The van der Waals surface area contributed by atoms with Crippen molar-refractivity contribution in [3.05, 3.63) is 64.1 Å². The second kappa shape index (κ2) is 16.7. The Morgan fingerprint density at radius 3 is 2.32 bits per heavy atom. The molecule has 1 saturated heterocycles. The molecular formula is C30H36Cl2F2N4O6. The second-order valence-electron chi connectivity index (χ2n) is 10.6. The summed E-state index contributed by atoms with van der Waals surface area (Å²) >= 11 is 11.9. The zero-order valence-electron chi connectivity index (χ0n) is 24.4. The normalized spacial score (nSPS) is 15.2. The van der Waals surface area contributed by atoms with Crippen LogP contribution >= 0.6 is 23.2 Å². The summed E-state index contributed by atoms with van der Waals surface area (Å²) in [6.45, 7) is 4.89. The van der Waals surface area contributed by atoms with Gasteiger partial charge in [-0.1, -0.05) is 67.4 Å². The number of hydrogen-bond acceptors (Lipinski definition) is 7. The molecule has 0 aliphatic carbocycles. The Kier molecular flexibility index (Phi) is 13.3. The van der Waals surface area contributed by atoms with Gasteiger partial charge in [0.2, 0.25) is 11.7 Å². The third-order valence-corrected chi connectivity index (χ3v) is 7.59. The van der Waals surface area contributed by atoms with E-state index in [2.05, 4.69) is 16.0 Å². The van der Waals surface area contributed by atoms with Crippen LogP contribution in [0.15, 0.2) is 48.5 Å². The highest BCUT2D eigenvalue weighted by atomic mass is 35.5. The molecule has 1 aliphatic rings. The van der Waals surface area contributed by atoms with E-state index in [4.69, 9.17) is 32.7 Å². The number of morpholine rings is 1. The van der Waals surface area contributed by atoms with E-state index in [0.717, 1.165) is 0 Å². The Bertz CT molecular complexity index is 1300. The Balaban J connectivity index is 1.66. The first kappa shape index (κ1) is 35.2. The standard InChI is InChI=1S/C30H36Cl2F2N4O6/c1-19(2)26(27(40)30(33,34)29(42)35-10-11-38-12-14-43-15-13-38)37-28(41)24(16-20-6-4-3-5-7-20)36-25(39)18-44-21-8-9-22(31)23(32)17-21/h3-9,17,19,24,26H,10-16,18H2,1-2H3,(H,35,42)(H,36,39)(H,37,41)/t24-,26-/m0/s1. The molecule has 2 atom stereocenters. The van der Waals surface area contributed by atoms with Crippen LogP contribution in [0, 0.1) is 5.92 Å². The lowest BCUT2D eigenvalue weighted by Crippen LogP contribution is -2.59. The molecule has 0 unspecified atom stereocenters. The molecule has 44 heavy (non-hydrogen) atoms. The highest BCUT2D eigenvalue weighted by Gasteiger charge is 2.51. The van der Waals surface area contributed by atoms with Gasteiger partial charge in [-0.2, -0.15) is 8.78 Å². The van der Waals surface area contributed by atoms with Crippen LogP contribution < -0.4 is 20.7 Å². The zero-order valence-corrected chi connectivity index (χ0v) is 25.9. The van der Waals surface area contributed by atoms with Crippen LogP contribution in [0.4, 0.5) is 8.78 Å². The molecule has 1 heterocycles. The first-order valence-corrected chi connectivity index (χ1v) is 14.9. The van der Waals surface area contributed by atoms with Gasteiger partial charge >= 0.3 is 5.92 Å². The van der Waals surface area contributed by atoms with Crippen LogP contribution in [0.5, 0.6) is 5.75 Å². The van der Waals surface area contributed by atoms with E-state index in [0.29, 0.717) is 43.4 Å². The molecule has 0 spiro atoms. The predicted octanol–water partition coefficient (Wildman–Crippen LogP) is 2.89. The molecular weight excluding hydrogens is 621 g/mol. The molecule has 2 aromatic carbocycles. The number of Topliss-reactive ketones (excluding diaryl/α,β-unsaturated/α-hetero) is 1. The zero-order chi connectivity index (χ0) is 32.3. The minimum atomic E-state index is -4.40. The monoisotopic (exact) mass is 656 g/mol. The van der Waals surface area contributed by atoms with Crippen LogP contribution in [-0.2, 0) is 30.3 Å². The number of alkyl halides is 2. The number of ether oxygens (including phenoxy) is 2. The lowest BCUT2D eigenvalue weighted by atomic mass is 9.94. The smallest absolute Gasteiger partial charge is 0.383 e. The first-order chi connectivity index (χ1) is 20.9. The number of rotatable bonds is 15. The van der Waals surface area contributed by atoms with Crippen molar-refractivity contribution in [3.8, 4) is 5.75 Å². The summed E-state index contributed by atoms with van der Waals surface area (Å²) in [7, 11) is 0. The summed E-state index contributed by atoms with van der Waals surface area (Å²) in [6.07, 6.45) is -0.0113. The lowest BCUT2D eigenvalue weighted by Gasteiger charge is -2.28. The van der Waals surface area contributed by atoms with Crippen molar-refractivity contribution < 1.29 is 37.4 Å². The minimum absolute atomic E-state index is 0.0113. The van der Waals surface area contributed by atoms with E-state index in [-0.39, 0.29) is 23.7 Å². The summed E-state index contributed by atoms with van der Waals surface area (Å²) in [5, 5.41) is 7.52. The third-order valence-electron chi connectivity index (χ3n) is 6.85. The maximum atomic E-state index is 15.1.